The maximum absolute atomic E-state index is 7.22. The van der Waals surface area contributed by atoms with Gasteiger partial charge in [0.2, 0.25) is 0 Å². The highest BCUT2D eigenvalue weighted by molar-refractivity contribution is 6.84. The molecule has 8 unspecified atom stereocenters. The van der Waals surface area contributed by atoms with Gasteiger partial charge in [0.25, 0.3) is 0 Å². The summed E-state index contributed by atoms with van der Waals surface area (Å²) < 4.78 is 28.9. The zero-order valence-corrected chi connectivity index (χ0v) is 81.0. The van der Waals surface area contributed by atoms with Crippen molar-refractivity contribution in [1.29, 1.82) is 0 Å². The number of hydrogen-bond acceptors (Lipinski definition) is 6. The Labute approximate surface area is 752 Å². The number of fused-ring (bicyclic) bond motifs is 12. The molecular formula is C114H158N4O4Si2. The van der Waals surface area contributed by atoms with Gasteiger partial charge in [-0.25, -0.2) is 9.97 Å². The Morgan fingerprint density at radius 3 is 0.726 bits per heavy atom. The molecule has 0 amide bonds. The van der Waals surface area contributed by atoms with Crippen LogP contribution in [0.5, 0.6) is 23.0 Å². The highest BCUT2D eigenvalue weighted by atomic mass is 28.3. The lowest BCUT2D eigenvalue weighted by Crippen LogP contribution is -2.20. The van der Waals surface area contributed by atoms with Gasteiger partial charge in [-0.2, -0.15) is 0 Å². The smallest absolute Gasteiger partial charge is 0.129 e. The Balaban J connectivity index is 0.976. The molecule has 5 aromatic rings. The van der Waals surface area contributed by atoms with Crippen LogP contribution in [0.3, 0.4) is 0 Å². The van der Waals surface area contributed by atoms with Crippen molar-refractivity contribution in [2.24, 2.45) is 23.7 Å². The van der Waals surface area contributed by atoms with Crippen molar-refractivity contribution in [2.75, 3.05) is 26.4 Å². The average Bonchev–Trinajstić information content (AvgIpc) is 1.53. The first-order valence-electron chi connectivity index (χ1n) is 51.7. The molecule has 8 nitrogen and oxygen atoms in total. The summed E-state index contributed by atoms with van der Waals surface area (Å²) in [4.78, 5) is 22.4. The summed E-state index contributed by atoms with van der Waals surface area (Å²) >= 11 is 0. The molecule has 16 bridgehead atoms. The molecule has 0 saturated carbocycles. The fourth-order valence-corrected chi connectivity index (χ4v) is 23.5. The molecule has 2 aromatic carbocycles. The number of ether oxygens (including phenoxy) is 4. The first-order valence-corrected chi connectivity index (χ1v) is 58.7. The molecule has 2 N–H and O–H groups in total. The minimum absolute atomic E-state index is 0.170. The lowest BCUT2D eigenvalue weighted by Gasteiger charge is -2.34. The number of rotatable bonds is 50. The number of nitrogens with zero attached hydrogens (tertiary/aromatic N) is 2. The van der Waals surface area contributed by atoms with E-state index >= 15 is 0 Å². The van der Waals surface area contributed by atoms with Crippen LogP contribution in [-0.2, 0) is 0 Å². The molecule has 14 aliphatic rings. The third-order valence-corrected chi connectivity index (χ3v) is 30.9. The molecule has 3 aromatic heterocycles. The summed E-state index contributed by atoms with van der Waals surface area (Å²) in [5.41, 5.74) is 34.8. The average molecular weight is 1700 g/mol. The van der Waals surface area contributed by atoms with Gasteiger partial charge in [-0.1, -0.05) is 359 Å². The molecule has 12 aliphatic carbocycles. The number of hydrogen-bond donors (Lipinski definition) is 2. The molecule has 0 radical (unpaired) electrons. The van der Waals surface area contributed by atoms with Crippen LogP contribution in [0, 0.1) is 46.6 Å². The Kier molecular flexibility index (Phi) is 33.0. The van der Waals surface area contributed by atoms with Gasteiger partial charge < -0.3 is 28.9 Å². The largest absolute Gasteiger partial charge is 0.493 e. The predicted molar refractivity (Wildman–Crippen MR) is 534 cm³/mol. The maximum atomic E-state index is 7.22. The molecule has 8 atom stereocenters. The van der Waals surface area contributed by atoms with E-state index in [9.17, 15) is 0 Å². The van der Waals surface area contributed by atoms with Crippen LogP contribution in [0.15, 0.2) is 85.0 Å². The van der Waals surface area contributed by atoms with Crippen LogP contribution < -0.4 is 18.9 Å². The fourth-order valence-electron chi connectivity index (χ4n) is 22.5. The summed E-state index contributed by atoms with van der Waals surface area (Å²) in [6.07, 6.45) is 80.4. The zero-order chi connectivity index (χ0) is 85.8. The lowest BCUT2D eigenvalue weighted by molar-refractivity contribution is 0.289. The minimum atomic E-state index is -2.08. The van der Waals surface area contributed by atoms with E-state index in [0.29, 0.717) is 26.4 Å². The van der Waals surface area contributed by atoms with Crippen molar-refractivity contribution in [3.8, 4) is 68.2 Å². The van der Waals surface area contributed by atoms with Gasteiger partial charge in [-0.3, -0.25) is 0 Å². The second-order valence-corrected chi connectivity index (χ2v) is 50.9. The van der Waals surface area contributed by atoms with Crippen LogP contribution in [0.2, 0.25) is 39.3 Å². The second-order valence-electron chi connectivity index (χ2n) is 41.4. The zero-order valence-electron chi connectivity index (χ0n) is 79.0. The Morgan fingerprint density at radius 1 is 0.274 bits per heavy atom. The number of allylic oxidation sites excluding steroid dienone is 12. The van der Waals surface area contributed by atoms with E-state index in [1.807, 2.05) is 0 Å². The number of H-pyrrole nitrogens is 2. The molecular weight excluding hydrogens is 1550 g/mol. The minimum Gasteiger partial charge on any atom is -0.493 e. The van der Waals surface area contributed by atoms with E-state index in [2.05, 4.69) is 185 Å². The van der Waals surface area contributed by atoms with Gasteiger partial charge in [-0.15, -0.1) is 11.1 Å². The van der Waals surface area contributed by atoms with Crippen molar-refractivity contribution < 1.29 is 18.9 Å². The summed E-state index contributed by atoms with van der Waals surface area (Å²) in [6, 6.07) is 14.0. The molecule has 0 saturated heterocycles. The molecule has 124 heavy (non-hydrogen) atoms. The topological polar surface area (TPSA) is 94.3 Å². The number of unbranched alkanes of at least 4 members (excludes halogenated alkanes) is 36. The molecule has 10 heteroatoms. The number of nitrogens with one attached hydrogen (secondary N) is 2. The van der Waals surface area contributed by atoms with E-state index < -0.39 is 16.1 Å². The normalized spacial score (nSPS) is 20.2. The van der Waals surface area contributed by atoms with Gasteiger partial charge in [0.05, 0.1) is 82.4 Å². The van der Waals surface area contributed by atoms with Crippen molar-refractivity contribution >= 4 is 60.5 Å². The molecule has 0 fully saturated rings. The van der Waals surface area contributed by atoms with Crippen molar-refractivity contribution in [3.63, 3.8) is 0 Å². The maximum Gasteiger partial charge on any atom is 0.129 e. The summed E-state index contributed by atoms with van der Waals surface area (Å²) in [6.45, 7) is 26.5. The number of benzene rings is 2. The van der Waals surface area contributed by atoms with Gasteiger partial charge in [0, 0.05) is 70.6 Å². The molecule has 19 rings (SSSR count). The third kappa shape index (κ3) is 22.5. The Morgan fingerprint density at radius 2 is 0.492 bits per heavy atom. The highest BCUT2D eigenvalue weighted by Crippen LogP contribution is 2.61. The monoisotopic (exact) mass is 1700 g/mol. The number of aromatic amines is 2. The third-order valence-electron chi connectivity index (χ3n) is 29.1. The fraction of sp³-hybridized carbons (Fsp3) is 0.614. The van der Waals surface area contributed by atoms with Crippen LogP contribution >= 0.6 is 0 Å². The molecule has 5 heterocycles. The van der Waals surface area contributed by atoms with Crippen LogP contribution in [-0.4, -0.2) is 62.5 Å². The van der Waals surface area contributed by atoms with Crippen molar-refractivity contribution in [3.05, 3.63) is 141 Å². The standard InChI is InChI=1S/C114H158N4O4Si2/c1-11-15-19-23-27-31-35-39-43-47-69-119-91-75-89(76-92(79-91)120-70-48-44-40-36-32-28-24-20-16-12-2)105-111-101-85-59-51-81(52-60-85)97(101)107(115-111)95(67-73-123(5,6)7)109-99-83-55-63-87(64-56-83)103(99)113(117-109)106(90-77-93(121-71-49-45-41-37-33-29-25-21-17-13-3)80-94(78-90)122-72-50-46-42-38-34-30-26-22-18-14-4)114-104-88-65-57-84(58-66-88)100(104)110(118-114)96(68-74-124(8,9)10)108-98-82-53-61-86(62-54-82)102(98)112(105)116-108/h51,53,55,57,59,61,63,65,75-88,115,118H,11-50,52,54,56,58,60,62,64,66,69-72H2,1-10H3. The predicted octanol–water partition coefficient (Wildman–Crippen LogP) is 33.4. The Bertz CT molecular complexity index is 4580. The van der Waals surface area contributed by atoms with Crippen LogP contribution in [0.1, 0.15) is 416 Å². The Hall–Kier alpha value is -7.25. The lowest BCUT2D eigenvalue weighted by atomic mass is 9.68. The van der Waals surface area contributed by atoms with Crippen LogP contribution in [0.25, 0.3) is 66.6 Å². The van der Waals surface area contributed by atoms with Gasteiger partial charge in [-0.05, 0) is 157 Å². The summed E-state index contributed by atoms with van der Waals surface area (Å²) in [5, 5.41) is 0. The van der Waals surface area contributed by atoms with Gasteiger partial charge in [0.1, 0.15) is 39.1 Å². The molecule has 2 aliphatic heterocycles. The first-order chi connectivity index (χ1) is 60.7. The highest BCUT2D eigenvalue weighted by Gasteiger charge is 2.46. The number of aromatic nitrogens is 4. The van der Waals surface area contributed by atoms with E-state index in [0.717, 1.165) is 167 Å². The van der Waals surface area contributed by atoms with Crippen LogP contribution in [0.4, 0.5) is 0 Å². The summed E-state index contributed by atoms with van der Waals surface area (Å²) in [5.74, 6) is 13.4. The van der Waals surface area contributed by atoms with E-state index in [4.69, 9.17) is 28.9 Å². The second kappa shape index (κ2) is 44.7. The molecule has 666 valence electrons. The molecule has 0 spiro atoms. The van der Waals surface area contributed by atoms with Gasteiger partial charge in [0.15, 0.2) is 0 Å². The quantitative estimate of drug-likeness (QED) is 0.0174. The summed E-state index contributed by atoms with van der Waals surface area (Å²) in [7, 11) is -4.17. The van der Waals surface area contributed by atoms with E-state index in [1.54, 1.807) is 0 Å². The van der Waals surface area contributed by atoms with E-state index in [1.165, 1.54) is 287 Å². The SMILES string of the molecule is CCCCCCCCCCCCOc1cc(OCCCCCCCCCCCC)cc(-c2c3nc(c(C#C[Si](C)(C)C)c4[nH]c(c(-c5cc(OCCCCCCCCCCCC)cc(OCCCCCCCCCCCC)c5)c5nc(c(C#C[Si](C)(C)C)c6[nH]c2c2c6C6C=CC2CC6)C2=C5C5C=CC2CC5)c2c4C4C=CC2CC4)C2=C3C3C=CC2CC3)c1. The van der Waals surface area contributed by atoms with Gasteiger partial charge >= 0.3 is 0 Å². The first kappa shape index (κ1) is 91.5. The van der Waals surface area contributed by atoms with Crippen molar-refractivity contribution in [1.82, 2.24) is 19.9 Å². The van der Waals surface area contributed by atoms with Crippen molar-refractivity contribution in [2.45, 2.75) is 399 Å². The van der Waals surface area contributed by atoms with E-state index in [-0.39, 0.29) is 47.3 Å².